The quantitative estimate of drug-likeness (QED) is 0.908. The topological polar surface area (TPSA) is 59.0 Å². The largest absolute Gasteiger partial charge is 0.338 e. The molecule has 2 aliphatic rings. The fraction of sp³-hybridized carbons (Fsp3) is 0.474. The molecule has 2 amide bonds. The number of rotatable bonds is 4. The zero-order chi connectivity index (χ0) is 16.5. The molecule has 2 aliphatic carbocycles. The molecule has 2 N–H and O–H groups in total. The molecule has 0 unspecified atom stereocenters. The molecule has 0 fully saturated rings. The van der Waals surface area contributed by atoms with Crippen LogP contribution in [0.3, 0.4) is 0 Å². The highest BCUT2D eigenvalue weighted by molar-refractivity contribution is 5.74. The Morgan fingerprint density at radius 1 is 1.38 bits per heavy atom. The van der Waals surface area contributed by atoms with E-state index in [0.717, 1.165) is 18.5 Å². The number of carbonyl (C=O) groups is 1. The van der Waals surface area contributed by atoms with Crippen LogP contribution in [0.4, 0.5) is 4.79 Å². The molecule has 5 heteroatoms. The standard InChI is InChI=1S/C19H24N4O/c1-23-15(9-11-21-23)8-10-20-19(24)22-17-12-14-6-2-4-13-5-3-7-16(17)18(13)14/h3,5,7,9,11,14,17H,2,4,6,8,10,12H2,1H3,(H2,20,22,24)/t14-,17+/m1/s1. The van der Waals surface area contributed by atoms with Crippen molar-refractivity contribution in [3.05, 3.63) is 52.8 Å². The Balaban J connectivity index is 1.36. The van der Waals surface area contributed by atoms with E-state index in [2.05, 4.69) is 33.9 Å². The summed E-state index contributed by atoms with van der Waals surface area (Å²) in [6.07, 6.45) is 7.32. The van der Waals surface area contributed by atoms with Gasteiger partial charge in [0.2, 0.25) is 0 Å². The van der Waals surface area contributed by atoms with Crippen molar-refractivity contribution in [2.24, 2.45) is 7.05 Å². The number of benzene rings is 1. The fourth-order valence-corrected chi connectivity index (χ4v) is 4.28. The van der Waals surface area contributed by atoms with Crippen LogP contribution in [0.5, 0.6) is 0 Å². The van der Waals surface area contributed by atoms with E-state index in [0.29, 0.717) is 12.5 Å². The minimum atomic E-state index is -0.0709. The maximum Gasteiger partial charge on any atom is 0.315 e. The number of amides is 2. The van der Waals surface area contributed by atoms with Crippen molar-refractivity contribution in [3.63, 3.8) is 0 Å². The normalized spacial score (nSPS) is 21.4. The Kier molecular flexibility index (Phi) is 4.00. The molecule has 4 rings (SSSR count). The van der Waals surface area contributed by atoms with E-state index in [1.807, 2.05) is 17.8 Å². The molecule has 1 aromatic heterocycles. The fourth-order valence-electron chi connectivity index (χ4n) is 4.28. The molecule has 2 aromatic rings. The summed E-state index contributed by atoms with van der Waals surface area (Å²) >= 11 is 0. The number of aryl methyl sites for hydroxylation is 2. The summed E-state index contributed by atoms with van der Waals surface area (Å²) in [6, 6.07) is 8.63. The Bertz CT molecular complexity index is 752. The number of aromatic nitrogens is 2. The van der Waals surface area contributed by atoms with E-state index in [1.165, 1.54) is 36.0 Å². The molecule has 0 aliphatic heterocycles. The first-order chi connectivity index (χ1) is 11.7. The average molecular weight is 324 g/mol. The lowest BCUT2D eigenvalue weighted by molar-refractivity contribution is 0.236. The highest BCUT2D eigenvalue weighted by Crippen LogP contribution is 2.47. The van der Waals surface area contributed by atoms with Gasteiger partial charge in [-0.25, -0.2) is 4.79 Å². The first kappa shape index (κ1) is 15.2. The van der Waals surface area contributed by atoms with Gasteiger partial charge >= 0.3 is 6.03 Å². The van der Waals surface area contributed by atoms with Gasteiger partial charge in [0.05, 0.1) is 6.04 Å². The van der Waals surface area contributed by atoms with Gasteiger partial charge in [0.1, 0.15) is 0 Å². The summed E-state index contributed by atoms with van der Waals surface area (Å²) in [5.74, 6) is 0.629. The minimum Gasteiger partial charge on any atom is -0.338 e. The lowest BCUT2D eigenvalue weighted by atomic mass is 9.84. The second-order valence-corrected chi connectivity index (χ2v) is 6.89. The molecule has 1 aromatic carbocycles. The Morgan fingerprint density at radius 2 is 2.29 bits per heavy atom. The summed E-state index contributed by atoms with van der Waals surface area (Å²) in [7, 11) is 1.92. The van der Waals surface area contributed by atoms with Crippen molar-refractivity contribution in [2.75, 3.05) is 6.54 Å². The van der Waals surface area contributed by atoms with Crippen LogP contribution in [0, 0.1) is 0 Å². The minimum absolute atomic E-state index is 0.0709. The molecule has 2 atom stereocenters. The number of nitrogens with zero attached hydrogens (tertiary/aromatic N) is 2. The van der Waals surface area contributed by atoms with Crippen LogP contribution in [0.25, 0.3) is 0 Å². The lowest BCUT2D eigenvalue weighted by Gasteiger charge is -2.20. The first-order valence-corrected chi connectivity index (χ1v) is 8.85. The number of urea groups is 1. The molecule has 5 nitrogen and oxygen atoms in total. The average Bonchev–Trinajstić information content (AvgIpc) is 3.14. The smallest absolute Gasteiger partial charge is 0.315 e. The van der Waals surface area contributed by atoms with E-state index in [9.17, 15) is 4.79 Å². The van der Waals surface area contributed by atoms with Crippen LogP contribution in [0.15, 0.2) is 30.5 Å². The summed E-state index contributed by atoms with van der Waals surface area (Å²) < 4.78 is 1.84. The second kappa shape index (κ2) is 6.30. The van der Waals surface area contributed by atoms with E-state index in [-0.39, 0.29) is 12.1 Å². The number of nitrogens with one attached hydrogen (secondary N) is 2. The molecular weight excluding hydrogens is 300 g/mol. The van der Waals surface area contributed by atoms with Gasteiger partial charge in [0.25, 0.3) is 0 Å². The zero-order valence-electron chi connectivity index (χ0n) is 14.1. The van der Waals surface area contributed by atoms with Crippen molar-refractivity contribution >= 4 is 6.03 Å². The van der Waals surface area contributed by atoms with Gasteiger partial charge < -0.3 is 10.6 Å². The van der Waals surface area contributed by atoms with Crippen LogP contribution < -0.4 is 10.6 Å². The Labute approximate surface area is 142 Å². The summed E-state index contributed by atoms with van der Waals surface area (Å²) in [6.45, 7) is 0.619. The van der Waals surface area contributed by atoms with E-state index >= 15 is 0 Å². The van der Waals surface area contributed by atoms with Crippen molar-refractivity contribution < 1.29 is 4.79 Å². The highest BCUT2D eigenvalue weighted by Gasteiger charge is 2.35. The van der Waals surface area contributed by atoms with Crippen molar-refractivity contribution in [1.29, 1.82) is 0 Å². The van der Waals surface area contributed by atoms with Gasteiger partial charge in [0, 0.05) is 31.9 Å². The number of carbonyl (C=O) groups excluding carboxylic acids is 1. The molecule has 126 valence electrons. The van der Waals surface area contributed by atoms with Gasteiger partial charge in [-0.05, 0) is 54.4 Å². The molecule has 0 bridgehead atoms. The molecule has 0 spiro atoms. The summed E-state index contributed by atoms with van der Waals surface area (Å²) in [5, 5.41) is 10.3. The van der Waals surface area contributed by atoms with Crippen LogP contribution in [-0.2, 0) is 19.9 Å². The van der Waals surface area contributed by atoms with Gasteiger partial charge in [-0.2, -0.15) is 5.10 Å². The predicted octanol–water partition coefficient (Wildman–Crippen LogP) is 2.83. The molecule has 24 heavy (non-hydrogen) atoms. The van der Waals surface area contributed by atoms with E-state index in [4.69, 9.17) is 0 Å². The summed E-state index contributed by atoms with van der Waals surface area (Å²) in [4.78, 5) is 12.3. The van der Waals surface area contributed by atoms with Crippen molar-refractivity contribution in [3.8, 4) is 0 Å². The van der Waals surface area contributed by atoms with Crippen LogP contribution >= 0.6 is 0 Å². The van der Waals surface area contributed by atoms with Crippen molar-refractivity contribution in [2.45, 2.75) is 44.1 Å². The molecule has 0 saturated carbocycles. The third kappa shape index (κ3) is 2.79. The van der Waals surface area contributed by atoms with Crippen molar-refractivity contribution in [1.82, 2.24) is 20.4 Å². The zero-order valence-corrected chi connectivity index (χ0v) is 14.1. The van der Waals surface area contributed by atoms with Crippen LogP contribution in [0.1, 0.15) is 53.6 Å². The van der Waals surface area contributed by atoms with Gasteiger partial charge in [0.15, 0.2) is 0 Å². The van der Waals surface area contributed by atoms with Crippen LogP contribution in [0.2, 0.25) is 0 Å². The molecule has 0 saturated heterocycles. The highest BCUT2D eigenvalue weighted by atomic mass is 16.2. The van der Waals surface area contributed by atoms with E-state index in [1.54, 1.807) is 6.20 Å². The Hall–Kier alpha value is -2.30. The molecule has 1 heterocycles. The second-order valence-electron chi connectivity index (χ2n) is 6.89. The Morgan fingerprint density at radius 3 is 3.12 bits per heavy atom. The third-order valence-corrected chi connectivity index (χ3v) is 5.43. The lowest BCUT2D eigenvalue weighted by Crippen LogP contribution is -2.38. The maximum absolute atomic E-state index is 12.3. The molecular formula is C19H24N4O. The maximum atomic E-state index is 12.3. The van der Waals surface area contributed by atoms with Crippen LogP contribution in [-0.4, -0.2) is 22.4 Å². The van der Waals surface area contributed by atoms with Gasteiger partial charge in [-0.1, -0.05) is 18.2 Å². The van der Waals surface area contributed by atoms with E-state index < -0.39 is 0 Å². The predicted molar refractivity (Wildman–Crippen MR) is 92.9 cm³/mol. The SMILES string of the molecule is Cn1nccc1CCNC(=O)N[C@H]1C[C@H]2CCCc3cccc1c32. The number of hydrogen-bond donors (Lipinski definition) is 2. The summed E-state index contributed by atoms with van der Waals surface area (Å²) in [5.41, 5.74) is 5.46. The van der Waals surface area contributed by atoms with Gasteiger partial charge in [-0.3, -0.25) is 4.68 Å². The van der Waals surface area contributed by atoms with Gasteiger partial charge in [-0.15, -0.1) is 0 Å². The monoisotopic (exact) mass is 324 g/mol. The third-order valence-electron chi connectivity index (χ3n) is 5.43. The number of hydrogen-bond acceptors (Lipinski definition) is 2. The first-order valence-electron chi connectivity index (χ1n) is 8.85. The molecule has 0 radical (unpaired) electrons.